The molecule has 3 rings (SSSR count). The Hall–Kier alpha value is -2.10. The summed E-state index contributed by atoms with van der Waals surface area (Å²) in [6, 6.07) is 15.3. The van der Waals surface area contributed by atoms with E-state index >= 15 is 0 Å². The molecule has 1 atom stereocenters. The number of phenolic OH excluding ortho intramolecular Hbond substituents is 1. The van der Waals surface area contributed by atoms with Crippen molar-refractivity contribution in [3.05, 3.63) is 70.9 Å². The van der Waals surface area contributed by atoms with Crippen molar-refractivity contribution in [1.29, 1.82) is 0 Å². The highest BCUT2D eigenvalue weighted by Gasteiger charge is 2.10. The zero-order valence-electron chi connectivity index (χ0n) is 12.3. The van der Waals surface area contributed by atoms with Gasteiger partial charge in [0, 0.05) is 34.8 Å². The van der Waals surface area contributed by atoms with Gasteiger partial charge in [0.15, 0.2) is 0 Å². The summed E-state index contributed by atoms with van der Waals surface area (Å²) in [5.74, 6) is 0.257. The third kappa shape index (κ3) is 3.21. The predicted octanol–water partition coefficient (Wildman–Crippen LogP) is 4.44. The van der Waals surface area contributed by atoms with E-state index in [9.17, 15) is 5.11 Å². The molecular formula is C18H17ClN2O. The Bertz CT molecular complexity index is 804. The Morgan fingerprint density at radius 2 is 2.05 bits per heavy atom. The molecule has 0 saturated carbocycles. The summed E-state index contributed by atoms with van der Waals surface area (Å²) in [4.78, 5) is 4.32. The average Bonchev–Trinajstić information content (AvgIpc) is 2.54. The highest BCUT2D eigenvalue weighted by Crippen LogP contribution is 2.27. The van der Waals surface area contributed by atoms with Gasteiger partial charge in [-0.1, -0.05) is 23.7 Å². The number of pyridine rings is 1. The molecule has 0 bridgehead atoms. The van der Waals surface area contributed by atoms with Crippen LogP contribution in [0.3, 0.4) is 0 Å². The van der Waals surface area contributed by atoms with Gasteiger partial charge in [-0.3, -0.25) is 4.98 Å². The minimum atomic E-state index is 0.00305. The molecule has 4 heteroatoms. The molecule has 1 unspecified atom stereocenters. The lowest BCUT2D eigenvalue weighted by Crippen LogP contribution is -2.18. The summed E-state index contributed by atoms with van der Waals surface area (Å²) < 4.78 is 0. The highest BCUT2D eigenvalue weighted by molar-refractivity contribution is 6.30. The van der Waals surface area contributed by atoms with Crippen LogP contribution in [0.15, 0.2) is 54.7 Å². The zero-order chi connectivity index (χ0) is 15.5. The number of benzene rings is 2. The second kappa shape index (κ2) is 6.34. The molecule has 2 N–H and O–H groups in total. The van der Waals surface area contributed by atoms with Gasteiger partial charge in [-0.05, 0) is 48.9 Å². The number of halogens is 1. The van der Waals surface area contributed by atoms with Crippen LogP contribution >= 0.6 is 11.6 Å². The van der Waals surface area contributed by atoms with E-state index in [1.54, 1.807) is 24.4 Å². The molecule has 0 aliphatic carbocycles. The lowest BCUT2D eigenvalue weighted by Gasteiger charge is -2.16. The number of nitrogens with one attached hydrogen (secondary N) is 1. The van der Waals surface area contributed by atoms with Gasteiger partial charge in [0.25, 0.3) is 0 Å². The zero-order valence-corrected chi connectivity index (χ0v) is 13.0. The first kappa shape index (κ1) is 14.8. The molecule has 22 heavy (non-hydrogen) atoms. The lowest BCUT2D eigenvalue weighted by molar-refractivity contribution is 0.452. The van der Waals surface area contributed by atoms with Crippen LogP contribution in [-0.4, -0.2) is 10.1 Å². The van der Waals surface area contributed by atoms with Crippen LogP contribution in [0.5, 0.6) is 5.75 Å². The quantitative estimate of drug-likeness (QED) is 0.748. The Morgan fingerprint density at radius 3 is 2.91 bits per heavy atom. The lowest BCUT2D eigenvalue weighted by atomic mass is 10.1. The first-order valence-electron chi connectivity index (χ1n) is 7.19. The van der Waals surface area contributed by atoms with Gasteiger partial charge in [-0.25, -0.2) is 0 Å². The second-order valence-corrected chi connectivity index (χ2v) is 5.77. The van der Waals surface area contributed by atoms with E-state index in [0.29, 0.717) is 11.6 Å². The maximum absolute atomic E-state index is 9.94. The molecule has 0 aliphatic heterocycles. The molecule has 3 aromatic rings. The van der Waals surface area contributed by atoms with Crippen LogP contribution in [0.4, 0.5) is 0 Å². The van der Waals surface area contributed by atoms with Crippen molar-refractivity contribution >= 4 is 22.5 Å². The molecule has 3 nitrogen and oxygen atoms in total. The number of nitrogens with zero attached hydrogens (tertiary/aromatic N) is 1. The van der Waals surface area contributed by atoms with Crippen LogP contribution in [0.1, 0.15) is 24.1 Å². The predicted molar refractivity (Wildman–Crippen MR) is 90.1 cm³/mol. The largest absolute Gasteiger partial charge is 0.508 e. The molecule has 2 aromatic carbocycles. The molecule has 0 saturated heterocycles. The standard InChI is InChI=1S/C18H17ClN2O/c1-12(16-10-15(19)5-7-18(16)22)21-11-13-4-6-17-14(9-13)3-2-8-20-17/h2-10,12,21-22H,11H2,1H3. The van der Waals surface area contributed by atoms with E-state index in [1.807, 2.05) is 19.1 Å². The smallest absolute Gasteiger partial charge is 0.120 e. The number of aromatic hydroxyl groups is 1. The Kier molecular flexibility index (Phi) is 4.27. The number of hydrogen-bond acceptors (Lipinski definition) is 3. The molecule has 0 spiro atoms. The van der Waals surface area contributed by atoms with E-state index in [0.717, 1.165) is 16.5 Å². The fourth-order valence-corrected chi connectivity index (χ4v) is 2.67. The summed E-state index contributed by atoms with van der Waals surface area (Å²) in [6.07, 6.45) is 1.80. The molecule has 0 radical (unpaired) electrons. The first-order chi connectivity index (χ1) is 10.6. The minimum absolute atomic E-state index is 0.00305. The Labute approximate surface area is 134 Å². The Balaban J connectivity index is 1.74. The third-order valence-corrected chi connectivity index (χ3v) is 3.97. The van der Waals surface area contributed by atoms with Gasteiger partial charge in [0.05, 0.1) is 5.52 Å². The average molecular weight is 313 g/mol. The van der Waals surface area contributed by atoms with E-state index < -0.39 is 0 Å². The fourth-order valence-electron chi connectivity index (χ4n) is 2.49. The van der Waals surface area contributed by atoms with Gasteiger partial charge in [-0.2, -0.15) is 0 Å². The van der Waals surface area contributed by atoms with Gasteiger partial charge in [0.2, 0.25) is 0 Å². The van der Waals surface area contributed by atoms with Crippen LogP contribution in [0, 0.1) is 0 Å². The normalized spacial score (nSPS) is 12.5. The summed E-state index contributed by atoms with van der Waals surface area (Å²) in [5, 5.41) is 15.1. The molecule has 0 amide bonds. The van der Waals surface area contributed by atoms with E-state index in [4.69, 9.17) is 11.6 Å². The molecule has 112 valence electrons. The molecule has 0 aliphatic rings. The number of phenols is 1. The molecule has 1 heterocycles. The van der Waals surface area contributed by atoms with Crippen molar-refractivity contribution in [2.75, 3.05) is 0 Å². The van der Waals surface area contributed by atoms with Crippen LogP contribution < -0.4 is 5.32 Å². The van der Waals surface area contributed by atoms with Crippen molar-refractivity contribution < 1.29 is 5.11 Å². The molecule has 1 aromatic heterocycles. The maximum Gasteiger partial charge on any atom is 0.120 e. The summed E-state index contributed by atoms with van der Waals surface area (Å²) >= 11 is 6.00. The minimum Gasteiger partial charge on any atom is -0.508 e. The number of hydrogen-bond donors (Lipinski definition) is 2. The number of rotatable bonds is 4. The van der Waals surface area contributed by atoms with E-state index in [1.165, 1.54) is 5.56 Å². The molecular weight excluding hydrogens is 296 g/mol. The summed E-state index contributed by atoms with van der Waals surface area (Å²) in [5.41, 5.74) is 2.97. The third-order valence-electron chi connectivity index (χ3n) is 3.74. The van der Waals surface area contributed by atoms with Crippen molar-refractivity contribution in [3.8, 4) is 5.75 Å². The van der Waals surface area contributed by atoms with Crippen LogP contribution in [0.25, 0.3) is 10.9 Å². The van der Waals surface area contributed by atoms with Gasteiger partial charge >= 0.3 is 0 Å². The monoisotopic (exact) mass is 312 g/mol. The first-order valence-corrected chi connectivity index (χ1v) is 7.57. The summed E-state index contributed by atoms with van der Waals surface area (Å²) in [7, 11) is 0. The SMILES string of the molecule is CC(NCc1ccc2ncccc2c1)c1cc(Cl)ccc1O. The number of aromatic nitrogens is 1. The van der Waals surface area contributed by atoms with Crippen LogP contribution in [0.2, 0.25) is 5.02 Å². The number of fused-ring (bicyclic) bond motifs is 1. The van der Waals surface area contributed by atoms with Gasteiger partial charge in [0.1, 0.15) is 5.75 Å². The highest BCUT2D eigenvalue weighted by atomic mass is 35.5. The van der Waals surface area contributed by atoms with Crippen molar-refractivity contribution in [3.63, 3.8) is 0 Å². The van der Waals surface area contributed by atoms with Gasteiger partial charge < -0.3 is 10.4 Å². The topological polar surface area (TPSA) is 45.2 Å². The Morgan fingerprint density at radius 1 is 1.18 bits per heavy atom. The van der Waals surface area contributed by atoms with Crippen LogP contribution in [-0.2, 0) is 6.54 Å². The second-order valence-electron chi connectivity index (χ2n) is 5.34. The fraction of sp³-hybridized carbons (Fsp3) is 0.167. The van der Waals surface area contributed by atoms with Gasteiger partial charge in [-0.15, -0.1) is 0 Å². The van der Waals surface area contributed by atoms with E-state index in [-0.39, 0.29) is 11.8 Å². The van der Waals surface area contributed by atoms with E-state index in [2.05, 4.69) is 28.5 Å². The molecule has 0 fully saturated rings. The summed E-state index contributed by atoms with van der Waals surface area (Å²) in [6.45, 7) is 2.71. The van der Waals surface area contributed by atoms with Crippen molar-refractivity contribution in [1.82, 2.24) is 10.3 Å². The van der Waals surface area contributed by atoms with Crippen molar-refractivity contribution in [2.24, 2.45) is 0 Å². The van der Waals surface area contributed by atoms with Crippen molar-refractivity contribution in [2.45, 2.75) is 19.5 Å². The maximum atomic E-state index is 9.94.